The monoisotopic (exact) mass is 325 g/mol. The number of esters is 1. The third-order valence-corrected chi connectivity index (χ3v) is 5.71. The van der Waals surface area contributed by atoms with Crippen LogP contribution in [0.5, 0.6) is 0 Å². The highest BCUT2D eigenvalue weighted by Crippen LogP contribution is 2.57. The minimum Gasteiger partial charge on any atom is -0.462 e. The molecule has 1 amide bonds. The van der Waals surface area contributed by atoms with E-state index in [-0.39, 0.29) is 41.7 Å². The standard InChI is InChI=1S/C15H13Cl2NO3/c16-9-2-1-7(5-10(9)17)18-14(19)12-6-3-8-11(4-6)21-15(20)13(8)12/h1-2,5-6,8,11-13H,3-4H2,(H,18,19)/t6-,8+,11+,12-,13-/m1/s1. The number of hydrogen-bond acceptors (Lipinski definition) is 3. The lowest BCUT2D eigenvalue weighted by atomic mass is 9.79. The SMILES string of the molecule is O=C(Nc1ccc(Cl)c(Cl)c1)[C@@H]1[C@@H]2C[C@@H]3[C@H]1C(=O)O[C@H]3C2. The van der Waals surface area contributed by atoms with Crippen LogP contribution in [-0.4, -0.2) is 18.0 Å². The molecule has 5 atom stereocenters. The second-order valence-corrected chi connectivity index (χ2v) is 6.85. The van der Waals surface area contributed by atoms with Crippen molar-refractivity contribution >= 4 is 40.8 Å². The summed E-state index contributed by atoms with van der Waals surface area (Å²) in [5, 5.41) is 3.68. The van der Waals surface area contributed by atoms with E-state index >= 15 is 0 Å². The summed E-state index contributed by atoms with van der Waals surface area (Å²) in [7, 11) is 0. The van der Waals surface area contributed by atoms with Crippen LogP contribution in [0.2, 0.25) is 10.0 Å². The predicted octanol–water partition coefficient (Wildman–Crippen LogP) is 3.13. The van der Waals surface area contributed by atoms with Gasteiger partial charge in [-0.3, -0.25) is 9.59 Å². The lowest BCUT2D eigenvalue weighted by Crippen LogP contribution is -2.35. The Kier molecular flexibility index (Phi) is 2.95. The van der Waals surface area contributed by atoms with Gasteiger partial charge in [-0.25, -0.2) is 0 Å². The molecule has 1 aliphatic heterocycles. The second kappa shape index (κ2) is 4.62. The maximum atomic E-state index is 12.5. The highest BCUT2D eigenvalue weighted by atomic mass is 35.5. The van der Waals surface area contributed by atoms with Crippen LogP contribution in [-0.2, 0) is 14.3 Å². The van der Waals surface area contributed by atoms with Gasteiger partial charge in [-0.2, -0.15) is 0 Å². The van der Waals surface area contributed by atoms with Crippen molar-refractivity contribution in [2.45, 2.75) is 18.9 Å². The molecular weight excluding hydrogens is 313 g/mol. The van der Waals surface area contributed by atoms with Gasteiger partial charge >= 0.3 is 5.97 Å². The van der Waals surface area contributed by atoms with Crippen LogP contribution in [0.25, 0.3) is 0 Å². The number of amides is 1. The zero-order valence-electron chi connectivity index (χ0n) is 11.0. The van der Waals surface area contributed by atoms with E-state index in [1.165, 1.54) is 0 Å². The summed E-state index contributed by atoms with van der Waals surface area (Å²) in [6, 6.07) is 4.96. The number of halogens is 2. The van der Waals surface area contributed by atoms with E-state index in [0.717, 1.165) is 12.8 Å². The van der Waals surface area contributed by atoms with Gasteiger partial charge in [0.25, 0.3) is 0 Å². The first-order valence-electron chi connectivity index (χ1n) is 7.01. The average Bonchev–Trinajstić information content (AvgIpc) is 3.04. The molecule has 3 fully saturated rings. The Morgan fingerprint density at radius 3 is 2.81 bits per heavy atom. The molecule has 1 aromatic rings. The summed E-state index contributed by atoms with van der Waals surface area (Å²) in [6.45, 7) is 0. The van der Waals surface area contributed by atoms with Gasteiger partial charge in [0.05, 0.1) is 21.9 Å². The molecule has 1 N–H and O–H groups in total. The molecule has 6 heteroatoms. The smallest absolute Gasteiger partial charge is 0.310 e. The minimum absolute atomic E-state index is 0.0431. The molecule has 0 aromatic heterocycles. The van der Waals surface area contributed by atoms with E-state index in [1.807, 2.05) is 0 Å². The van der Waals surface area contributed by atoms with E-state index in [1.54, 1.807) is 18.2 Å². The van der Waals surface area contributed by atoms with E-state index in [4.69, 9.17) is 27.9 Å². The number of benzene rings is 1. The lowest BCUT2D eigenvalue weighted by molar-refractivity contribution is -0.145. The fourth-order valence-corrected chi connectivity index (χ4v) is 4.46. The van der Waals surface area contributed by atoms with Gasteiger partial charge in [0.1, 0.15) is 6.10 Å². The van der Waals surface area contributed by atoms with Gasteiger partial charge in [0.2, 0.25) is 5.91 Å². The van der Waals surface area contributed by atoms with E-state index in [0.29, 0.717) is 15.7 Å². The quantitative estimate of drug-likeness (QED) is 0.850. The molecule has 21 heavy (non-hydrogen) atoms. The molecule has 1 saturated heterocycles. The van der Waals surface area contributed by atoms with Crippen LogP contribution < -0.4 is 5.32 Å². The first-order chi connectivity index (χ1) is 10.0. The highest BCUT2D eigenvalue weighted by molar-refractivity contribution is 6.42. The van der Waals surface area contributed by atoms with Crippen LogP contribution in [0.15, 0.2) is 18.2 Å². The van der Waals surface area contributed by atoms with E-state index in [2.05, 4.69) is 5.32 Å². The molecular formula is C15H13Cl2NO3. The summed E-state index contributed by atoms with van der Waals surface area (Å²) in [5.41, 5.74) is 0.597. The first kappa shape index (κ1) is 13.4. The Morgan fingerprint density at radius 1 is 1.24 bits per heavy atom. The fourth-order valence-electron chi connectivity index (χ4n) is 4.16. The normalized spacial score (nSPS) is 35.9. The largest absolute Gasteiger partial charge is 0.462 e. The molecule has 110 valence electrons. The van der Waals surface area contributed by atoms with Crippen LogP contribution in [0.1, 0.15) is 12.8 Å². The van der Waals surface area contributed by atoms with Gasteiger partial charge < -0.3 is 10.1 Å². The number of nitrogens with one attached hydrogen (secondary N) is 1. The lowest BCUT2D eigenvalue weighted by Gasteiger charge is -2.23. The zero-order valence-corrected chi connectivity index (χ0v) is 12.5. The van der Waals surface area contributed by atoms with Crippen molar-refractivity contribution in [1.82, 2.24) is 0 Å². The van der Waals surface area contributed by atoms with Crippen LogP contribution in [0.3, 0.4) is 0 Å². The van der Waals surface area contributed by atoms with Gasteiger partial charge in [0, 0.05) is 11.6 Å². The summed E-state index contributed by atoms with van der Waals surface area (Å²) >= 11 is 11.8. The van der Waals surface area contributed by atoms with Gasteiger partial charge in [-0.15, -0.1) is 0 Å². The Morgan fingerprint density at radius 2 is 2.05 bits per heavy atom. The third-order valence-electron chi connectivity index (χ3n) is 4.97. The van der Waals surface area contributed by atoms with Crippen molar-refractivity contribution in [2.24, 2.45) is 23.7 Å². The molecule has 3 aliphatic rings. The number of carbonyl (C=O) groups is 2. The molecule has 0 radical (unpaired) electrons. The number of ether oxygens (including phenoxy) is 1. The third kappa shape index (κ3) is 1.96. The Labute approximate surface area is 131 Å². The Bertz CT molecular complexity index is 646. The van der Waals surface area contributed by atoms with Crippen LogP contribution in [0.4, 0.5) is 5.69 Å². The van der Waals surface area contributed by atoms with Crippen molar-refractivity contribution in [2.75, 3.05) is 5.32 Å². The van der Waals surface area contributed by atoms with Gasteiger partial charge in [-0.1, -0.05) is 23.2 Å². The summed E-state index contributed by atoms with van der Waals surface area (Å²) < 4.78 is 5.35. The molecule has 4 nitrogen and oxygen atoms in total. The zero-order chi connectivity index (χ0) is 14.7. The van der Waals surface area contributed by atoms with Gasteiger partial charge in [0.15, 0.2) is 0 Å². The highest BCUT2D eigenvalue weighted by Gasteiger charge is 2.63. The number of fused-ring (bicyclic) bond motifs is 1. The van der Waals surface area contributed by atoms with Gasteiger partial charge in [-0.05, 0) is 37.0 Å². The molecule has 2 aliphatic carbocycles. The van der Waals surface area contributed by atoms with Crippen molar-refractivity contribution in [3.63, 3.8) is 0 Å². The predicted molar refractivity (Wildman–Crippen MR) is 78.2 cm³/mol. The van der Waals surface area contributed by atoms with Crippen molar-refractivity contribution in [1.29, 1.82) is 0 Å². The first-order valence-corrected chi connectivity index (χ1v) is 7.76. The van der Waals surface area contributed by atoms with E-state index in [9.17, 15) is 9.59 Å². The van der Waals surface area contributed by atoms with E-state index < -0.39 is 0 Å². The van der Waals surface area contributed by atoms with Crippen LogP contribution in [0, 0.1) is 23.7 Å². The second-order valence-electron chi connectivity index (χ2n) is 6.04. The number of anilines is 1. The molecule has 2 bridgehead atoms. The average molecular weight is 326 g/mol. The molecule has 2 saturated carbocycles. The molecule has 1 heterocycles. The molecule has 1 aromatic carbocycles. The fraction of sp³-hybridized carbons (Fsp3) is 0.467. The number of rotatable bonds is 2. The van der Waals surface area contributed by atoms with Crippen molar-refractivity contribution < 1.29 is 14.3 Å². The summed E-state index contributed by atoms with van der Waals surface area (Å²) in [4.78, 5) is 24.5. The topological polar surface area (TPSA) is 55.4 Å². The van der Waals surface area contributed by atoms with Crippen molar-refractivity contribution in [3.8, 4) is 0 Å². The Balaban J connectivity index is 1.55. The Hall–Kier alpha value is -1.26. The maximum absolute atomic E-state index is 12.5. The molecule has 0 spiro atoms. The summed E-state index contributed by atoms with van der Waals surface area (Å²) in [5.74, 6) is -0.402. The van der Waals surface area contributed by atoms with Crippen LogP contribution >= 0.6 is 23.2 Å². The maximum Gasteiger partial charge on any atom is 0.310 e. The number of carbonyl (C=O) groups excluding carboxylic acids is 2. The molecule has 4 rings (SSSR count). The summed E-state index contributed by atoms with van der Waals surface area (Å²) in [6.07, 6.45) is 1.77. The number of hydrogen-bond donors (Lipinski definition) is 1. The minimum atomic E-state index is -0.282. The van der Waals surface area contributed by atoms with Crippen molar-refractivity contribution in [3.05, 3.63) is 28.2 Å². The molecule has 0 unspecified atom stereocenters.